The van der Waals surface area contributed by atoms with E-state index in [0.29, 0.717) is 16.9 Å². The van der Waals surface area contributed by atoms with E-state index in [-0.39, 0.29) is 0 Å². The molecule has 0 spiro atoms. The fourth-order valence-corrected chi connectivity index (χ4v) is 2.01. The van der Waals surface area contributed by atoms with Gasteiger partial charge in [-0.05, 0) is 17.8 Å². The summed E-state index contributed by atoms with van der Waals surface area (Å²) in [5.74, 6) is 0. The van der Waals surface area contributed by atoms with Crippen LogP contribution in [0.1, 0.15) is 34.6 Å². The Kier molecular flexibility index (Phi) is 2.35. The molecular weight excluding hydrogens is 146 g/mol. The van der Waals surface area contributed by atoms with Crippen molar-refractivity contribution in [1.82, 2.24) is 5.32 Å². The van der Waals surface area contributed by atoms with Crippen molar-refractivity contribution in [2.75, 3.05) is 6.54 Å². The molecule has 70 valence electrons. The van der Waals surface area contributed by atoms with E-state index in [4.69, 9.17) is 0 Å². The van der Waals surface area contributed by atoms with Crippen LogP contribution in [0.5, 0.6) is 0 Å². The van der Waals surface area contributed by atoms with Crippen molar-refractivity contribution in [2.45, 2.75) is 40.7 Å². The molecule has 1 aliphatic carbocycles. The molecular formula is C11H21N. The number of allylic oxidation sites excluding steroid dienone is 1. The molecule has 0 radical (unpaired) electrons. The van der Waals surface area contributed by atoms with Gasteiger partial charge in [0.05, 0.1) is 0 Å². The summed E-state index contributed by atoms with van der Waals surface area (Å²) < 4.78 is 0. The minimum atomic E-state index is 0.467. The lowest BCUT2D eigenvalue weighted by molar-refractivity contribution is 0.457. The van der Waals surface area contributed by atoms with E-state index >= 15 is 0 Å². The summed E-state index contributed by atoms with van der Waals surface area (Å²) in [5.41, 5.74) is 0.934. The Morgan fingerprint density at radius 2 is 1.67 bits per heavy atom. The average Bonchev–Trinajstić information content (AvgIpc) is 2.32. The molecule has 0 aliphatic heterocycles. The molecule has 0 bridgehead atoms. The maximum Gasteiger partial charge on any atom is 0.0184 e. The predicted octanol–water partition coefficient (Wildman–Crippen LogP) is 2.59. The Morgan fingerprint density at radius 1 is 1.17 bits per heavy atom. The van der Waals surface area contributed by atoms with Crippen LogP contribution in [-0.4, -0.2) is 12.6 Å². The van der Waals surface area contributed by atoms with E-state index in [2.05, 4.69) is 52.1 Å². The molecule has 0 aromatic heterocycles. The minimum Gasteiger partial charge on any atom is -0.309 e. The second-order valence-electron chi connectivity index (χ2n) is 4.85. The van der Waals surface area contributed by atoms with Gasteiger partial charge in [-0.3, -0.25) is 0 Å². The van der Waals surface area contributed by atoms with Gasteiger partial charge in [0.15, 0.2) is 0 Å². The van der Waals surface area contributed by atoms with Gasteiger partial charge in [0, 0.05) is 12.6 Å². The molecule has 1 rings (SSSR count). The second kappa shape index (κ2) is 2.88. The molecule has 1 nitrogen and oxygen atoms in total. The molecule has 0 saturated heterocycles. The zero-order valence-electron chi connectivity index (χ0n) is 8.94. The first-order chi connectivity index (χ1) is 5.44. The lowest BCUT2D eigenvalue weighted by Gasteiger charge is -2.03. The third-order valence-electron chi connectivity index (χ3n) is 3.70. The Labute approximate surface area is 76.2 Å². The van der Waals surface area contributed by atoms with E-state index in [1.165, 1.54) is 0 Å². The van der Waals surface area contributed by atoms with E-state index in [0.717, 1.165) is 6.54 Å². The molecule has 0 amide bonds. The summed E-state index contributed by atoms with van der Waals surface area (Å²) >= 11 is 0. The van der Waals surface area contributed by atoms with E-state index in [1.54, 1.807) is 0 Å². The number of nitrogens with one attached hydrogen (secondary N) is 1. The highest BCUT2D eigenvalue weighted by molar-refractivity contribution is 5.18. The number of rotatable bonds is 3. The third kappa shape index (κ3) is 1.31. The van der Waals surface area contributed by atoms with Crippen LogP contribution in [0.15, 0.2) is 12.2 Å². The molecule has 12 heavy (non-hydrogen) atoms. The Balaban J connectivity index is 2.38. The van der Waals surface area contributed by atoms with Gasteiger partial charge in [-0.15, -0.1) is 0 Å². The molecule has 1 heteroatoms. The van der Waals surface area contributed by atoms with Crippen LogP contribution in [0.4, 0.5) is 0 Å². The number of hydrogen-bond donors (Lipinski definition) is 1. The van der Waals surface area contributed by atoms with Crippen LogP contribution >= 0.6 is 0 Å². The zero-order chi connectivity index (χ0) is 9.41. The highest BCUT2D eigenvalue weighted by Crippen LogP contribution is 2.62. The summed E-state index contributed by atoms with van der Waals surface area (Å²) in [6.07, 6.45) is 4.26. The van der Waals surface area contributed by atoms with Gasteiger partial charge in [0.1, 0.15) is 0 Å². The van der Waals surface area contributed by atoms with Crippen molar-refractivity contribution >= 4 is 0 Å². The van der Waals surface area contributed by atoms with Crippen molar-refractivity contribution in [2.24, 2.45) is 10.8 Å². The molecule has 0 aromatic carbocycles. The zero-order valence-corrected chi connectivity index (χ0v) is 8.94. The van der Waals surface area contributed by atoms with Crippen molar-refractivity contribution in [3.05, 3.63) is 12.2 Å². The normalized spacial score (nSPS) is 26.4. The van der Waals surface area contributed by atoms with E-state index in [9.17, 15) is 0 Å². The monoisotopic (exact) mass is 167 g/mol. The predicted molar refractivity (Wildman–Crippen MR) is 54.2 cm³/mol. The summed E-state index contributed by atoms with van der Waals surface area (Å²) in [4.78, 5) is 0. The topological polar surface area (TPSA) is 12.0 Å². The van der Waals surface area contributed by atoms with Gasteiger partial charge in [-0.25, -0.2) is 0 Å². The van der Waals surface area contributed by atoms with Gasteiger partial charge in [-0.2, -0.15) is 0 Å². The van der Waals surface area contributed by atoms with Crippen molar-refractivity contribution in [1.29, 1.82) is 0 Å². The first kappa shape index (κ1) is 9.79. The van der Waals surface area contributed by atoms with Gasteiger partial charge in [-0.1, -0.05) is 39.8 Å². The lowest BCUT2D eigenvalue weighted by Crippen LogP contribution is -2.22. The van der Waals surface area contributed by atoms with Crippen LogP contribution < -0.4 is 5.32 Å². The Morgan fingerprint density at radius 3 is 2.00 bits per heavy atom. The maximum atomic E-state index is 3.55. The van der Waals surface area contributed by atoms with E-state index < -0.39 is 0 Å². The van der Waals surface area contributed by atoms with Crippen molar-refractivity contribution < 1.29 is 0 Å². The fraction of sp³-hybridized carbons (Fsp3) is 0.818. The summed E-state index contributed by atoms with van der Waals surface area (Å²) in [7, 11) is 0. The molecule has 0 aromatic rings. The largest absolute Gasteiger partial charge is 0.309 e. The smallest absolute Gasteiger partial charge is 0.0184 e. The van der Waals surface area contributed by atoms with Crippen LogP contribution in [0, 0.1) is 10.8 Å². The minimum absolute atomic E-state index is 0.467. The molecule has 1 N–H and O–H groups in total. The van der Waals surface area contributed by atoms with Crippen LogP contribution in [-0.2, 0) is 0 Å². The van der Waals surface area contributed by atoms with Gasteiger partial charge >= 0.3 is 0 Å². The summed E-state index contributed by atoms with van der Waals surface area (Å²) in [6.45, 7) is 12.4. The lowest BCUT2D eigenvalue weighted by atomic mass is 10.0. The molecule has 0 unspecified atom stereocenters. The quantitative estimate of drug-likeness (QED) is 0.637. The fourth-order valence-electron chi connectivity index (χ4n) is 2.01. The van der Waals surface area contributed by atoms with Crippen LogP contribution in [0.3, 0.4) is 0 Å². The first-order valence-corrected chi connectivity index (χ1v) is 4.79. The van der Waals surface area contributed by atoms with Crippen LogP contribution in [0.2, 0.25) is 0 Å². The van der Waals surface area contributed by atoms with Crippen molar-refractivity contribution in [3.8, 4) is 0 Å². The molecule has 0 atom stereocenters. The van der Waals surface area contributed by atoms with Gasteiger partial charge in [0.25, 0.3) is 0 Å². The SMILES string of the molecule is C/C=C/CNC1C(C)(C)C1(C)C. The van der Waals surface area contributed by atoms with Gasteiger partial charge < -0.3 is 5.32 Å². The number of hydrogen-bond acceptors (Lipinski definition) is 1. The summed E-state index contributed by atoms with van der Waals surface area (Å²) in [6, 6.07) is 0.682. The summed E-state index contributed by atoms with van der Waals surface area (Å²) in [5, 5.41) is 3.55. The molecule has 1 saturated carbocycles. The van der Waals surface area contributed by atoms with Crippen molar-refractivity contribution in [3.63, 3.8) is 0 Å². The molecule has 0 heterocycles. The Bertz CT molecular complexity index is 175. The highest BCUT2D eigenvalue weighted by atomic mass is 15.0. The standard InChI is InChI=1S/C11H21N/c1-6-7-8-12-9-10(2,3)11(9,4)5/h6-7,9,12H,8H2,1-5H3/b7-6+. The average molecular weight is 167 g/mol. The highest BCUT2D eigenvalue weighted by Gasteiger charge is 2.64. The van der Waals surface area contributed by atoms with E-state index in [1.807, 2.05) is 0 Å². The molecule has 1 aliphatic rings. The second-order valence-corrected chi connectivity index (χ2v) is 4.85. The van der Waals surface area contributed by atoms with Gasteiger partial charge in [0.2, 0.25) is 0 Å². The first-order valence-electron chi connectivity index (χ1n) is 4.79. The van der Waals surface area contributed by atoms with Crippen LogP contribution in [0.25, 0.3) is 0 Å². The Hall–Kier alpha value is -0.300. The molecule has 1 fully saturated rings. The third-order valence-corrected chi connectivity index (χ3v) is 3.70. The maximum absolute atomic E-state index is 3.55.